The van der Waals surface area contributed by atoms with E-state index in [0.29, 0.717) is 11.1 Å². The van der Waals surface area contributed by atoms with Crippen LogP contribution >= 0.6 is 0 Å². The Labute approximate surface area is 112 Å². The fraction of sp³-hybridized carbons (Fsp3) is 0.125. The fourth-order valence-electron chi connectivity index (χ4n) is 1.73. The predicted octanol–water partition coefficient (Wildman–Crippen LogP) is 2.82. The zero-order chi connectivity index (χ0) is 13.7. The van der Waals surface area contributed by atoms with E-state index in [9.17, 15) is 9.59 Å². The zero-order valence-corrected chi connectivity index (χ0v) is 10.7. The van der Waals surface area contributed by atoms with E-state index < -0.39 is 0 Å². The van der Waals surface area contributed by atoms with E-state index >= 15 is 0 Å². The largest absolute Gasteiger partial charge is 0.288 e. The van der Waals surface area contributed by atoms with Crippen molar-refractivity contribution < 1.29 is 9.59 Å². The number of imide groups is 1. The van der Waals surface area contributed by atoms with Crippen LogP contribution in [-0.2, 0) is 6.42 Å². The van der Waals surface area contributed by atoms with Gasteiger partial charge in [-0.2, -0.15) is 0 Å². The van der Waals surface area contributed by atoms with Gasteiger partial charge in [0.2, 0.25) is 0 Å². The minimum atomic E-state index is -0.384. The number of benzene rings is 2. The summed E-state index contributed by atoms with van der Waals surface area (Å²) in [5.41, 5.74) is 2.12. The van der Waals surface area contributed by atoms with Gasteiger partial charge < -0.3 is 0 Å². The molecule has 2 amide bonds. The Kier molecular flexibility index (Phi) is 4.08. The first kappa shape index (κ1) is 13.0. The Morgan fingerprint density at radius 3 is 1.89 bits per heavy atom. The SMILES string of the molecule is CCc1ccc(C(=O)NC(=O)c2ccccc2)cc1. The van der Waals surface area contributed by atoms with Gasteiger partial charge >= 0.3 is 0 Å². The van der Waals surface area contributed by atoms with Crippen LogP contribution in [0.25, 0.3) is 0 Å². The topological polar surface area (TPSA) is 46.2 Å². The summed E-state index contributed by atoms with van der Waals surface area (Å²) in [7, 11) is 0. The molecule has 2 rings (SSSR count). The van der Waals surface area contributed by atoms with Crippen LogP contribution in [0.1, 0.15) is 33.2 Å². The highest BCUT2D eigenvalue weighted by Crippen LogP contribution is 2.05. The van der Waals surface area contributed by atoms with Crippen molar-refractivity contribution in [1.29, 1.82) is 0 Å². The average molecular weight is 253 g/mol. The lowest BCUT2D eigenvalue weighted by Crippen LogP contribution is -2.30. The number of carbonyl (C=O) groups is 2. The molecular weight excluding hydrogens is 238 g/mol. The van der Waals surface area contributed by atoms with Crippen molar-refractivity contribution >= 4 is 11.8 Å². The predicted molar refractivity (Wildman–Crippen MR) is 74.1 cm³/mol. The molecular formula is C16H15NO2. The van der Waals surface area contributed by atoms with E-state index in [1.807, 2.05) is 25.1 Å². The van der Waals surface area contributed by atoms with Crippen molar-refractivity contribution in [1.82, 2.24) is 5.32 Å². The van der Waals surface area contributed by atoms with Crippen molar-refractivity contribution in [3.63, 3.8) is 0 Å². The van der Waals surface area contributed by atoms with Gasteiger partial charge in [0.1, 0.15) is 0 Å². The molecule has 0 bridgehead atoms. The first-order chi connectivity index (χ1) is 9.20. The van der Waals surface area contributed by atoms with Crippen LogP contribution in [0.3, 0.4) is 0 Å². The number of amides is 2. The second-order valence-electron chi connectivity index (χ2n) is 4.20. The maximum absolute atomic E-state index is 11.9. The van der Waals surface area contributed by atoms with Gasteiger partial charge in [-0.25, -0.2) is 0 Å². The molecule has 0 saturated heterocycles. The summed E-state index contributed by atoms with van der Waals surface area (Å²) in [6, 6.07) is 15.9. The molecule has 0 heterocycles. The van der Waals surface area contributed by atoms with E-state index in [4.69, 9.17) is 0 Å². The maximum atomic E-state index is 11.9. The Bertz CT molecular complexity index is 573. The number of hydrogen-bond donors (Lipinski definition) is 1. The van der Waals surface area contributed by atoms with Crippen molar-refractivity contribution in [2.75, 3.05) is 0 Å². The van der Waals surface area contributed by atoms with Crippen LogP contribution in [0.2, 0.25) is 0 Å². The summed E-state index contributed by atoms with van der Waals surface area (Å²) in [6.07, 6.45) is 0.921. The minimum absolute atomic E-state index is 0.378. The molecule has 1 N–H and O–H groups in total. The van der Waals surface area contributed by atoms with Gasteiger partial charge in [-0.1, -0.05) is 37.3 Å². The van der Waals surface area contributed by atoms with Crippen LogP contribution in [0, 0.1) is 0 Å². The third kappa shape index (κ3) is 3.28. The molecule has 96 valence electrons. The Balaban J connectivity index is 2.06. The summed E-state index contributed by atoms with van der Waals surface area (Å²) in [5, 5.41) is 2.37. The molecule has 3 heteroatoms. The van der Waals surface area contributed by atoms with E-state index in [1.165, 1.54) is 0 Å². The third-order valence-electron chi connectivity index (χ3n) is 2.89. The van der Waals surface area contributed by atoms with Crippen LogP contribution in [0.4, 0.5) is 0 Å². The fourth-order valence-corrected chi connectivity index (χ4v) is 1.73. The molecule has 2 aromatic carbocycles. The van der Waals surface area contributed by atoms with Crippen LogP contribution in [0.15, 0.2) is 54.6 Å². The van der Waals surface area contributed by atoms with E-state index in [2.05, 4.69) is 5.32 Å². The zero-order valence-electron chi connectivity index (χ0n) is 10.7. The monoisotopic (exact) mass is 253 g/mol. The number of nitrogens with one attached hydrogen (secondary N) is 1. The van der Waals surface area contributed by atoms with Gasteiger partial charge in [-0.15, -0.1) is 0 Å². The maximum Gasteiger partial charge on any atom is 0.258 e. The standard InChI is InChI=1S/C16H15NO2/c1-2-12-8-10-14(11-9-12)16(19)17-15(18)13-6-4-3-5-7-13/h3-11H,2H2,1H3,(H,17,18,19). The Morgan fingerprint density at radius 2 is 1.37 bits per heavy atom. The van der Waals surface area contributed by atoms with Crippen molar-refractivity contribution in [2.45, 2.75) is 13.3 Å². The van der Waals surface area contributed by atoms with Crippen molar-refractivity contribution in [3.8, 4) is 0 Å². The highest BCUT2D eigenvalue weighted by Gasteiger charge is 2.11. The average Bonchev–Trinajstić information content (AvgIpc) is 2.48. The number of hydrogen-bond acceptors (Lipinski definition) is 2. The van der Waals surface area contributed by atoms with Crippen molar-refractivity contribution in [2.24, 2.45) is 0 Å². The highest BCUT2D eigenvalue weighted by molar-refractivity contribution is 6.10. The first-order valence-corrected chi connectivity index (χ1v) is 6.20. The second-order valence-corrected chi connectivity index (χ2v) is 4.20. The molecule has 0 unspecified atom stereocenters. The van der Waals surface area contributed by atoms with Crippen LogP contribution < -0.4 is 5.32 Å². The molecule has 0 spiro atoms. The Hall–Kier alpha value is -2.42. The molecule has 2 aromatic rings. The highest BCUT2D eigenvalue weighted by atomic mass is 16.2. The molecule has 0 aliphatic rings. The number of rotatable bonds is 3. The molecule has 3 nitrogen and oxygen atoms in total. The summed E-state index contributed by atoms with van der Waals surface area (Å²) < 4.78 is 0. The van der Waals surface area contributed by atoms with E-state index in [-0.39, 0.29) is 11.8 Å². The lowest BCUT2D eigenvalue weighted by Gasteiger charge is -2.04. The first-order valence-electron chi connectivity index (χ1n) is 6.20. The normalized spacial score (nSPS) is 9.95. The molecule has 0 radical (unpaired) electrons. The molecule has 0 aliphatic heterocycles. The van der Waals surface area contributed by atoms with Crippen LogP contribution in [-0.4, -0.2) is 11.8 Å². The summed E-state index contributed by atoms with van der Waals surface area (Å²) in [5.74, 6) is -0.762. The molecule has 19 heavy (non-hydrogen) atoms. The third-order valence-corrected chi connectivity index (χ3v) is 2.89. The lowest BCUT2D eigenvalue weighted by molar-refractivity contribution is 0.0849. The van der Waals surface area contributed by atoms with Gasteiger partial charge in [-0.05, 0) is 36.2 Å². The molecule has 0 fully saturated rings. The molecule has 0 atom stereocenters. The number of aryl methyl sites for hydroxylation is 1. The Morgan fingerprint density at radius 1 is 0.842 bits per heavy atom. The smallest absolute Gasteiger partial charge is 0.258 e. The van der Waals surface area contributed by atoms with Gasteiger partial charge in [0.25, 0.3) is 11.8 Å². The molecule has 0 aliphatic carbocycles. The lowest BCUT2D eigenvalue weighted by atomic mass is 10.1. The van der Waals surface area contributed by atoms with Gasteiger partial charge in [-0.3, -0.25) is 14.9 Å². The number of carbonyl (C=O) groups excluding carboxylic acids is 2. The van der Waals surface area contributed by atoms with Crippen LogP contribution in [0.5, 0.6) is 0 Å². The van der Waals surface area contributed by atoms with E-state index in [0.717, 1.165) is 12.0 Å². The van der Waals surface area contributed by atoms with Gasteiger partial charge in [0, 0.05) is 11.1 Å². The quantitative estimate of drug-likeness (QED) is 0.855. The minimum Gasteiger partial charge on any atom is -0.288 e. The van der Waals surface area contributed by atoms with Crippen molar-refractivity contribution in [3.05, 3.63) is 71.3 Å². The van der Waals surface area contributed by atoms with Gasteiger partial charge in [0.15, 0.2) is 0 Å². The molecule has 0 aromatic heterocycles. The second kappa shape index (κ2) is 5.96. The molecule has 0 saturated carbocycles. The van der Waals surface area contributed by atoms with Gasteiger partial charge in [0.05, 0.1) is 0 Å². The summed E-state index contributed by atoms with van der Waals surface area (Å²) >= 11 is 0. The summed E-state index contributed by atoms with van der Waals surface area (Å²) in [4.78, 5) is 23.7. The van der Waals surface area contributed by atoms with E-state index in [1.54, 1.807) is 36.4 Å². The summed E-state index contributed by atoms with van der Waals surface area (Å²) in [6.45, 7) is 2.05.